The van der Waals surface area contributed by atoms with Crippen LogP contribution in [-0.4, -0.2) is 15.7 Å². The molecule has 1 aromatic rings. The largest absolute Gasteiger partial charge is 0.241 e. The van der Waals surface area contributed by atoms with Gasteiger partial charge in [-0.15, -0.1) is 11.8 Å². The predicted molar refractivity (Wildman–Crippen MR) is 52.4 cm³/mol. The van der Waals surface area contributed by atoms with Crippen LogP contribution in [-0.2, 0) is 6.42 Å². The fourth-order valence-electron chi connectivity index (χ4n) is 0.856. The number of rotatable bonds is 4. The van der Waals surface area contributed by atoms with Gasteiger partial charge in [-0.3, -0.25) is 0 Å². The summed E-state index contributed by atoms with van der Waals surface area (Å²) in [5.74, 6) is 1.14. The maximum atomic E-state index is 4.18. The van der Waals surface area contributed by atoms with Crippen molar-refractivity contribution >= 4 is 11.8 Å². The minimum Gasteiger partial charge on any atom is -0.241 e. The van der Waals surface area contributed by atoms with E-state index in [0.717, 1.165) is 22.9 Å². The van der Waals surface area contributed by atoms with Crippen molar-refractivity contribution in [3.05, 3.63) is 18.1 Å². The van der Waals surface area contributed by atoms with Gasteiger partial charge in [-0.25, -0.2) is 9.97 Å². The molecule has 0 atom stereocenters. The van der Waals surface area contributed by atoms with E-state index in [-0.39, 0.29) is 0 Å². The summed E-state index contributed by atoms with van der Waals surface area (Å²) in [5.41, 5.74) is 1.13. The number of aryl methyl sites for hydroxylation is 1. The SMILES string of the molecule is CCCSc1cc(CC)ncn1. The second-order valence-electron chi connectivity index (χ2n) is 2.55. The van der Waals surface area contributed by atoms with Gasteiger partial charge < -0.3 is 0 Å². The van der Waals surface area contributed by atoms with Gasteiger partial charge in [0.15, 0.2) is 0 Å². The Bertz CT molecular complexity index is 238. The number of hydrogen-bond acceptors (Lipinski definition) is 3. The first-order valence-corrected chi connectivity index (χ1v) is 5.29. The average Bonchev–Trinajstić information content (AvgIpc) is 2.15. The molecular formula is C9H14N2S. The molecule has 0 bridgehead atoms. The smallest absolute Gasteiger partial charge is 0.116 e. The maximum absolute atomic E-state index is 4.18. The molecule has 0 N–H and O–H groups in total. The van der Waals surface area contributed by atoms with Crippen LogP contribution in [0.2, 0.25) is 0 Å². The van der Waals surface area contributed by atoms with Crippen molar-refractivity contribution in [2.24, 2.45) is 0 Å². The lowest BCUT2D eigenvalue weighted by atomic mass is 10.3. The van der Waals surface area contributed by atoms with Crippen molar-refractivity contribution in [1.82, 2.24) is 9.97 Å². The van der Waals surface area contributed by atoms with Crippen LogP contribution < -0.4 is 0 Å². The van der Waals surface area contributed by atoms with E-state index < -0.39 is 0 Å². The Morgan fingerprint density at radius 2 is 2.17 bits per heavy atom. The van der Waals surface area contributed by atoms with E-state index in [9.17, 15) is 0 Å². The van der Waals surface area contributed by atoms with Crippen LogP contribution >= 0.6 is 11.8 Å². The molecule has 0 amide bonds. The molecule has 0 aromatic carbocycles. The lowest BCUT2D eigenvalue weighted by Crippen LogP contribution is -1.90. The van der Waals surface area contributed by atoms with Gasteiger partial charge >= 0.3 is 0 Å². The molecule has 0 aliphatic rings. The van der Waals surface area contributed by atoms with Crippen LogP contribution in [0, 0.1) is 0 Å². The van der Waals surface area contributed by atoms with Crippen LogP contribution in [0.3, 0.4) is 0 Å². The van der Waals surface area contributed by atoms with Gasteiger partial charge in [0.1, 0.15) is 6.33 Å². The number of hydrogen-bond donors (Lipinski definition) is 0. The Hall–Kier alpha value is -0.570. The second kappa shape index (κ2) is 5.14. The first kappa shape index (κ1) is 9.52. The van der Waals surface area contributed by atoms with E-state index in [1.807, 2.05) is 0 Å². The van der Waals surface area contributed by atoms with Gasteiger partial charge in [-0.05, 0) is 24.7 Å². The summed E-state index contributed by atoms with van der Waals surface area (Å²) in [6.07, 6.45) is 3.83. The lowest BCUT2D eigenvalue weighted by Gasteiger charge is -1.99. The molecule has 0 radical (unpaired) electrons. The van der Waals surface area contributed by atoms with Gasteiger partial charge in [0.2, 0.25) is 0 Å². The summed E-state index contributed by atoms with van der Waals surface area (Å²) < 4.78 is 0. The molecule has 1 heterocycles. The molecule has 0 aliphatic heterocycles. The fourth-order valence-corrected chi connectivity index (χ4v) is 1.61. The zero-order valence-corrected chi connectivity index (χ0v) is 8.40. The van der Waals surface area contributed by atoms with E-state index in [1.165, 1.54) is 6.42 Å². The summed E-state index contributed by atoms with van der Waals surface area (Å²) in [4.78, 5) is 8.32. The standard InChI is InChI=1S/C9H14N2S/c1-3-5-12-9-6-8(4-2)10-7-11-9/h6-7H,3-5H2,1-2H3. The Labute approximate surface area is 77.8 Å². The van der Waals surface area contributed by atoms with E-state index in [2.05, 4.69) is 29.9 Å². The summed E-state index contributed by atoms with van der Waals surface area (Å²) in [6, 6.07) is 2.07. The van der Waals surface area contributed by atoms with Crippen molar-refractivity contribution in [3.63, 3.8) is 0 Å². The molecule has 0 saturated carbocycles. The Morgan fingerprint density at radius 3 is 2.83 bits per heavy atom. The quantitative estimate of drug-likeness (QED) is 0.528. The molecular weight excluding hydrogens is 168 g/mol. The molecule has 2 nitrogen and oxygen atoms in total. The van der Waals surface area contributed by atoms with Gasteiger partial charge in [-0.1, -0.05) is 13.8 Å². The zero-order chi connectivity index (χ0) is 8.81. The lowest BCUT2D eigenvalue weighted by molar-refractivity contribution is 0.944. The van der Waals surface area contributed by atoms with Crippen molar-refractivity contribution in [3.8, 4) is 0 Å². The molecule has 12 heavy (non-hydrogen) atoms. The number of aromatic nitrogens is 2. The summed E-state index contributed by atoms with van der Waals surface area (Å²) in [6.45, 7) is 4.28. The molecule has 1 aromatic heterocycles. The third-order valence-electron chi connectivity index (χ3n) is 1.51. The summed E-state index contributed by atoms with van der Waals surface area (Å²) >= 11 is 1.80. The maximum Gasteiger partial charge on any atom is 0.116 e. The van der Waals surface area contributed by atoms with Crippen LogP contribution in [0.4, 0.5) is 0 Å². The molecule has 0 aliphatic carbocycles. The van der Waals surface area contributed by atoms with E-state index >= 15 is 0 Å². The molecule has 0 fully saturated rings. The third kappa shape index (κ3) is 2.81. The molecule has 0 saturated heterocycles. The Kier molecular flexibility index (Phi) is 4.08. The van der Waals surface area contributed by atoms with Crippen molar-refractivity contribution in [2.45, 2.75) is 31.7 Å². The molecule has 3 heteroatoms. The van der Waals surface area contributed by atoms with Crippen LogP contribution in [0.1, 0.15) is 26.0 Å². The van der Waals surface area contributed by atoms with Gasteiger partial charge in [-0.2, -0.15) is 0 Å². The highest BCUT2D eigenvalue weighted by Gasteiger charge is 1.96. The minimum atomic E-state index is 0.988. The summed E-state index contributed by atoms with van der Waals surface area (Å²) in [7, 11) is 0. The highest BCUT2D eigenvalue weighted by atomic mass is 32.2. The van der Waals surface area contributed by atoms with E-state index in [0.29, 0.717) is 0 Å². The van der Waals surface area contributed by atoms with Crippen molar-refractivity contribution in [1.29, 1.82) is 0 Å². The monoisotopic (exact) mass is 182 g/mol. The molecule has 0 spiro atoms. The molecule has 0 unspecified atom stereocenters. The van der Waals surface area contributed by atoms with Gasteiger partial charge in [0.25, 0.3) is 0 Å². The normalized spacial score (nSPS) is 10.2. The van der Waals surface area contributed by atoms with Crippen molar-refractivity contribution in [2.75, 3.05) is 5.75 Å². The first-order valence-electron chi connectivity index (χ1n) is 4.30. The highest BCUT2D eigenvalue weighted by Crippen LogP contribution is 2.15. The number of nitrogens with zero attached hydrogens (tertiary/aromatic N) is 2. The predicted octanol–water partition coefficient (Wildman–Crippen LogP) is 2.54. The van der Waals surface area contributed by atoms with Crippen LogP contribution in [0.25, 0.3) is 0 Å². The zero-order valence-electron chi connectivity index (χ0n) is 7.58. The van der Waals surface area contributed by atoms with Crippen molar-refractivity contribution < 1.29 is 0 Å². The fraction of sp³-hybridized carbons (Fsp3) is 0.556. The van der Waals surface area contributed by atoms with Gasteiger partial charge in [0.05, 0.1) is 5.03 Å². The molecule has 66 valence electrons. The molecule has 1 rings (SSSR count). The Morgan fingerprint density at radius 1 is 1.33 bits per heavy atom. The topological polar surface area (TPSA) is 25.8 Å². The Balaban J connectivity index is 2.60. The average molecular weight is 182 g/mol. The van der Waals surface area contributed by atoms with Crippen LogP contribution in [0.5, 0.6) is 0 Å². The third-order valence-corrected chi connectivity index (χ3v) is 2.65. The highest BCUT2D eigenvalue weighted by molar-refractivity contribution is 7.99. The minimum absolute atomic E-state index is 0.988. The van der Waals surface area contributed by atoms with E-state index in [1.54, 1.807) is 18.1 Å². The van der Waals surface area contributed by atoms with Crippen LogP contribution in [0.15, 0.2) is 17.4 Å². The first-order chi connectivity index (χ1) is 5.86. The number of thioether (sulfide) groups is 1. The van der Waals surface area contributed by atoms with E-state index in [4.69, 9.17) is 0 Å². The summed E-state index contributed by atoms with van der Waals surface area (Å²) in [5, 5.41) is 1.10. The second-order valence-corrected chi connectivity index (χ2v) is 3.66. The van der Waals surface area contributed by atoms with Gasteiger partial charge in [0, 0.05) is 5.69 Å².